The molecule has 2 aromatic carbocycles. The normalized spacial score (nSPS) is 15.1. The number of nitrogens with zero attached hydrogens (tertiary/aromatic N) is 3. The van der Waals surface area contributed by atoms with Gasteiger partial charge in [0.15, 0.2) is 0 Å². The molecule has 0 radical (unpaired) electrons. The van der Waals surface area contributed by atoms with E-state index in [0.717, 1.165) is 18.2 Å². The first kappa shape index (κ1) is 22.9. The van der Waals surface area contributed by atoms with Gasteiger partial charge in [-0.15, -0.1) is 12.4 Å². The van der Waals surface area contributed by atoms with Crippen molar-refractivity contribution in [1.29, 1.82) is 0 Å². The van der Waals surface area contributed by atoms with E-state index in [1.54, 1.807) is 13.0 Å². The minimum Gasteiger partial charge on any atom is -0.363 e. The van der Waals surface area contributed by atoms with Gasteiger partial charge in [0.2, 0.25) is 0 Å². The van der Waals surface area contributed by atoms with Crippen LogP contribution in [0.25, 0.3) is 0 Å². The predicted molar refractivity (Wildman–Crippen MR) is 104 cm³/mol. The number of halogens is 5. The molecule has 3 rings (SSSR count). The van der Waals surface area contributed by atoms with Crippen LogP contribution in [-0.4, -0.2) is 36.0 Å². The van der Waals surface area contributed by atoms with Gasteiger partial charge in [-0.2, -0.15) is 13.2 Å². The molecule has 1 aliphatic rings. The van der Waals surface area contributed by atoms with Crippen LogP contribution in [0.1, 0.15) is 16.7 Å². The molecule has 2 aromatic rings. The van der Waals surface area contributed by atoms with E-state index in [2.05, 4.69) is 0 Å². The maximum absolute atomic E-state index is 13.7. The van der Waals surface area contributed by atoms with E-state index >= 15 is 0 Å². The Balaban J connectivity index is 0.00000300. The van der Waals surface area contributed by atoms with Crippen LogP contribution in [-0.2, 0) is 12.7 Å². The number of hydrogen-bond donors (Lipinski definition) is 0. The molecule has 158 valence electrons. The van der Waals surface area contributed by atoms with Gasteiger partial charge in [0.05, 0.1) is 16.6 Å². The van der Waals surface area contributed by atoms with Crippen LogP contribution in [0.3, 0.4) is 0 Å². The van der Waals surface area contributed by atoms with Gasteiger partial charge in [0.25, 0.3) is 5.69 Å². The van der Waals surface area contributed by atoms with Crippen molar-refractivity contribution in [2.75, 3.05) is 31.1 Å². The molecule has 0 atom stereocenters. The molecule has 1 aliphatic heterocycles. The summed E-state index contributed by atoms with van der Waals surface area (Å²) < 4.78 is 52.2. The van der Waals surface area contributed by atoms with Crippen molar-refractivity contribution >= 4 is 23.8 Å². The van der Waals surface area contributed by atoms with Crippen molar-refractivity contribution in [2.24, 2.45) is 0 Å². The van der Waals surface area contributed by atoms with E-state index in [-0.39, 0.29) is 18.1 Å². The quantitative estimate of drug-likeness (QED) is 0.394. The molecular weight excluding hydrogens is 414 g/mol. The molecule has 0 spiro atoms. The molecule has 0 amide bonds. The first-order chi connectivity index (χ1) is 13.1. The number of rotatable bonds is 4. The van der Waals surface area contributed by atoms with Gasteiger partial charge in [0.1, 0.15) is 11.5 Å². The van der Waals surface area contributed by atoms with E-state index in [1.807, 2.05) is 9.80 Å². The number of nitro groups is 1. The maximum Gasteiger partial charge on any atom is 0.416 e. The van der Waals surface area contributed by atoms with Crippen LogP contribution in [0, 0.1) is 22.9 Å². The molecule has 0 aliphatic carbocycles. The standard InChI is InChI=1S/C19H19F4N3O2.ClH/c1-13-9-17(18(26(27)28)11-16(13)20)25-7-5-24(6-8-25)12-14-3-2-4-15(10-14)19(21,22)23;/h2-4,9-11H,5-8,12H2,1H3;1H. The Kier molecular flexibility index (Phi) is 7.07. The smallest absolute Gasteiger partial charge is 0.363 e. The van der Waals surface area contributed by atoms with Crippen LogP contribution in [0.15, 0.2) is 36.4 Å². The Labute approximate surface area is 171 Å². The highest BCUT2D eigenvalue weighted by molar-refractivity contribution is 5.85. The lowest BCUT2D eigenvalue weighted by Gasteiger charge is -2.36. The van der Waals surface area contributed by atoms with Crippen LogP contribution in [0.2, 0.25) is 0 Å². The molecular formula is C19H20ClF4N3O2. The van der Waals surface area contributed by atoms with Gasteiger partial charge in [0, 0.05) is 32.7 Å². The Morgan fingerprint density at radius 1 is 1.10 bits per heavy atom. The second-order valence-corrected chi connectivity index (χ2v) is 6.81. The van der Waals surface area contributed by atoms with Gasteiger partial charge >= 0.3 is 6.18 Å². The first-order valence-corrected chi connectivity index (χ1v) is 8.73. The Bertz CT molecular complexity index is 884. The zero-order valence-electron chi connectivity index (χ0n) is 15.6. The molecule has 1 fully saturated rings. The molecule has 0 unspecified atom stereocenters. The van der Waals surface area contributed by atoms with Crippen LogP contribution >= 0.6 is 12.4 Å². The fraction of sp³-hybridized carbons (Fsp3) is 0.368. The topological polar surface area (TPSA) is 49.6 Å². The predicted octanol–water partition coefficient (Wildman–Crippen LogP) is 4.81. The third-order valence-electron chi connectivity index (χ3n) is 4.83. The molecule has 1 saturated heterocycles. The van der Waals surface area contributed by atoms with Gasteiger partial charge < -0.3 is 4.90 Å². The average Bonchev–Trinajstić information content (AvgIpc) is 2.64. The lowest BCUT2D eigenvalue weighted by atomic mass is 10.1. The summed E-state index contributed by atoms with van der Waals surface area (Å²) in [7, 11) is 0. The Morgan fingerprint density at radius 3 is 2.34 bits per heavy atom. The molecule has 29 heavy (non-hydrogen) atoms. The van der Waals surface area contributed by atoms with Crippen LogP contribution < -0.4 is 4.90 Å². The van der Waals surface area contributed by atoms with Crippen molar-refractivity contribution in [3.8, 4) is 0 Å². The summed E-state index contributed by atoms with van der Waals surface area (Å²) in [4.78, 5) is 14.5. The largest absolute Gasteiger partial charge is 0.416 e. The zero-order valence-corrected chi connectivity index (χ0v) is 16.4. The number of nitro benzene ring substituents is 1. The Morgan fingerprint density at radius 2 is 1.76 bits per heavy atom. The van der Waals surface area contributed by atoms with E-state index < -0.39 is 22.5 Å². The van der Waals surface area contributed by atoms with Gasteiger partial charge in [-0.05, 0) is 30.2 Å². The van der Waals surface area contributed by atoms with Crippen LogP contribution in [0.4, 0.5) is 28.9 Å². The molecule has 1 heterocycles. The number of aryl methyl sites for hydroxylation is 1. The molecule has 0 aromatic heterocycles. The highest BCUT2D eigenvalue weighted by atomic mass is 35.5. The second-order valence-electron chi connectivity index (χ2n) is 6.81. The number of alkyl halides is 3. The van der Waals surface area contributed by atoms with E-state index in [1.165, 1.54) is 12.1 Å². The SMILES string of the molecule is Cc1cc(N2CCN(Cc3cccc(C(F)(F)F)c3)CC2)c([N+](=O)[O-])cc1F.Cl. The fourth-order valence-corrected chi connectivity index (χ4v) is 3.31. The molecule has 0 N–H and O–H groups in total. The summed E-state index contributed by atoms with van der Waals surface area (Å²) in [6.07, 6.45) is -4.38. The average molecular weight is 434 g/mol. The van der Waals surface area contributed by atoms with Crippen molar-refractivity contribution in [1.82, 2.24) is 4.90 Å². The van der Waals surface area contributed by atoms with Crippen molar-refractivity contribution in [3.05, 3.63) is 69.0 Å². The lowest BCUT2D eigenvalue weighted by Crippen LogP contribution is -2.46. The summed E-state index contributed by atoms with van der Waals surface area (Å²) in [5.74, 6) is -0.626. The Hall–Kier alpha value is -2.39. The van der Waals surface area contributed by atoms with Crippen molar-refractivity contribution < 1.29 is 22.5 Å². The summed E-state index contributed by atoms with van der Waals surface area (Å²) in [6.45, 7) is 3.90. The van der Waals surface area contributed by atoms with Crippen molar-refractivity contribution in [2.45, 2.75) is 19.6 Å². The highest BCUT2D eigenvalue weighted by Crippen LogP contribution is 2.32. The van der Waals surface area contributed by atoms with Crippen LogP contribution in [0.5, 0.6) is 0 Å². The zero-order chi connectivity index (χ0) is 20.5. The minimum atomic E-state index is -4.38. The third kappa shape index (κ3) is 5.36. The lowest BCUT2D eigenvalue weighted by molar-refractivity contribution is -0.384. The van der Waals surface area contributed by atoms with Gasteiger partial charge in [-0.1, -0.05) is 18.2 Å². The minimum absolute atomic E-state index is 0. The van der Waals surface area contributed by atoms with E-state index in [0.29, 0.717) is 49.5 Å². The van der Waals surface area contributed by atoms with Gasteiger partial charge in [-0.3, -0.25) is 15.0 Å². The van der Waals surface area contributed by atoms with Crippen molar-refractivity contribution in [3.63, 3.8) is 0 Å². The number of benzene rings is 2. The summed E-state index contributed by atoms with van der Waals surface area (Å²) in [5.41, 5.74) is 0.289. The number of anilines is 1. The maximum atomic E-state index is 13.7. The first-order valence-electron chi connectivity index (χ1n) is 8.73. The summed E-state index contributed by atoms with van der Waals surface area (Å²) >= 11 is 0. The summed E-state index contributed by atoms with van der Waals surface area (Å²) in [6, 6.07) is 7.61. The fourth-order valence-electron chi connectivity index (χ4n) is 3.31. The summed E-state index contributed by atoms with van der Waals surface area (Å²) in [5, 5.41) is 11.3. The highest BCUT2D eigenvalue weighted by Gasteiger charge is 2.31. The molecule has 0 bridgehead atoms. The van der Waals surface area contributed by atoms with E-state index in [9.17, 15) is 27.7 Å². The molecule has 5 nitrogen and oxygen atoms in total. The van der Waals surface area contributed by atoms with E-state index in [4.69, 9.17) is 0 Å². The molecule has 10 heteroatoms. The number of piperazine rings is 1. The van der Waals surface area contributed by atoms with Gasteiger partial charge in [-0.25, -0.2) is 4.39 Å². The molecule has 0 saturated carbocycles. The number of hydrogen-bond acceptors (Lipinski definition) is 4. The third-order valence-corrected chi connectivity index (χ3v) is 4.83. The monoisotopic (exact) mass is 433 g/mol. The second kappa shape index (κ2) is 8.96.